The average molecular weight is 396 g/mol. The molecule has 0 spiro atoms. The number of halogens is 1. The Balaban J connectivity index is 1.63. The minimum Gasteiger partial charge on any atom is -0.350 e. The molecule has 0 aliphatic heterocycles. The van der Waals surface area contributed by atoms with E-state index in [1.807, 2.05) is 44.2 Å². The van der Waals surface area contributed by atoms with Gasteiger partial charge in [0, 0.05) is 37.2 Å². The summed E-state index contributed by atoms with van der Waals surface area (Å²) in [6, 6.07) is 13.7. The molecular formula is C22H25FN4O2. The Morgan fingerprint density at radius 1 is 1.03 bits per heavy atom. The zero-order valence-corrected chi connectivity index (χ0v) is 16.8. The van der Waals surface area contributed by atoms with Gasteiger partial charge in [-0.15, -0.1) is 0 Å². The minimum absolute atomic E-state index is 0.0880. The number of aromatic nitrogens is 1. The van der Waals surface area contributed by atoms with Gasteiger partial charge in [-0.3, -0.25) is 9.59 Å². The minimum atomic E-state index is -0.718. The van der Waals surface area contributed by atoms with E-state index < -0.39 is 11.8 Å². The lowest BCUT2D eigenvalue weighted by atomic mass is 10.0. The molecule has 0 saturated carbocycles. The Labute approximate surface area is 169 Å². The smallest absolute Gasteiger partial charge is 0.309 e. The van der Waals surface area contributed by atoms with E-state index in [0.29, 0.717) is 6.54 Å². The summed E-state index contributed by atoms with van der Waals surface area (Å²) >= 11 is 0. The van der Waals surface area contributed by atoms with Crippen LogP contribution in [0.15, 0.2) is 54.7 Å². The number of fused-ring (bicyclic) bond motifs is 1. The molecule has 1 heterocycles. The highest BCUT2D eigenvalue weighted by atomic mass is 19.1. The van der Waals surface area contributed by atoms with Crippen LogP contribution in [0.4, 0.5) is 4.39 Å². The van der Waals surface area contributed by atoms with Crippen LogP contribution in [-0.2, 0) is 23.2 Å². The number of benzene rings is 2. The number of nitrogens with zero attached hydrogens (tertiary/aromatic N) is 2. The number of carbonyl (C=O) groups excluding carboxylic acids is 2. The molecular weight excluding hydrogens is 371 g/mol. The van der Waals surface area contributed by atoms with Gasteiger partial charge in [0.05, 0.1) is 6.04 Å². The van der Waals surface area contributed by atoms with Crippen molar-refractivity contribution in [1.82, 2.24) is 20.1 Å². The molecule has 29 heavy (non-hydrogen) atoms. The van der Waals surface area contributed by atoms with Crippen LogP contribution in [0.2, 0.25) is 0 Å². The molecule has 152 valence electrons. The van der Waals surface area contributed by atoms with E-state index in [4.69, 9.17) is 0 Å². The largest absolute Gasteiger partial charge is 0.350 e. The highest BCUT2D eigenvalue weighted by Gasteiger charge is 2.21. The van der Waals surface area contributed by atoms with E-state index in [9.17, 15) is 14.0 Å². The highest BCUT2D eigenvalue weighted by molar-refractivity contribution is 6.35. The van der Waals surface area contributed by atoms with Gasteiger partial charge in [0.1, 0.15) is 5.82 Å². The Bertz CT molecular complexity index is 1010. The van der Waals surface area contributed by atoms with Gasteiger partial charge in [0.25, 0.3) is 0 Å². The molecule has 0 aliphatic rings. The van der Waals surface area contributed by atoms with Crippen LogP contribution < -0.4 is 10.6 Å². The van der Waals surface area contributed by atoms with Crippen LogP contribution >= 0.6 is 0 Å². The van der Waals surface area contributed by atoms with Crippen molar-refractivity contribution in [2.75, 3.05) is 20.6 Å². The summed E-state index contributed by atoms with van der Waals surface area (Å²) in [7, 11) is 5.86. The third-order valence-corrected chi connectivity index (χ3v) is 4.94. The normalized spacial score (nSPS) is 12.2. The van der Waals surface area contributed by atoms with Crippen LogP contribution in [0.1, 0.15) is 17.2 Å². The first kappa shape index (κ1) is 20.5. The van der Waals surface area contributed by atoms with Crippen molar-refractivity contribution < 1.29 is 14.0 Å². The van der Waals surface area contributed by atoms with E-state index in [2.05, 4.69) is 27.5 Å². The number of nitrogens with one attached hydrogen (secondary N) is 2. The number of rotatable bonds is 6. The lowest BCUT2D eigenvalue weighted by molar-refractivity contribution is -0.139. The first-order chi connectivity index (χ1) is 13.9. The standard InChI is InChI=1S/C22H25FN4O2/c1-26(2)20(18-14-27(3)19-7-5-4-6-17(18)19)13-25-22(29)21(28)24-12-15-8-10-16(23)11-9-15/h4-11,14,20H,12-13H2,1-3H3,(H,24,28)(H,25,29). The second kappa shape index (κ2) is 8.87. The van der Waals surface area contributed by atoms with Crippen molar-refractivity contribution in [1.29, 1.82) is 0 Å². The molecule has 0 aliphatic carbocycles. The maximum atomic E-state index is 12.9. The fourth-order valence-electron chi connectivity index (χ4n) is 3.34. The first-order valence-corrected chi connectivity index (χ1v) is 9.37. The predicted octanol–water partition coefficient (Wildman–Crippen LogP) is 2.35. The molecule has 1 atom stereocenters. The van der Waals surface area contributed by atoms with Crippen LogP contribution in [0.25, 0.3) is 10.9 Å². The SMILES string of the molecule is CN(C)C(CNC(=O)C(=O)NCc1ccc(F)cc1)c1cn(C)c2ccccc12. The van der Waals surface area contributed by atoms with Gasteiger partial charge in [-0.25, -0.2) is 4.39 Å². The summed E-state index contributed by atoms with van der Waals surface area (Å²) in [5.74, 6) is -1.76. The van der Waals surface area contributed by atoms with Crippen molar-refractivity contribution in [3.63, 3.8) is 0 Å². The molecule has 1 unspecified atom stereocenters. The van der Waals surface area contributed by atoms with Crippen molar-refractivity contribution in [2.24, 2.45) is 7.05 Å². The zero-order chi connectivity index (χ0) is 21.0. The fraction of sp³-hybridized carbons (Fsp3) is 0.273. The van der Waals surface area contributed by atoms with Gasteiger partial charge in [-0.2, -0.15) is 0 Å². The molecule has 2 aromatic carbocycles. The van der Waals surface area contributed by atoms with Gasteiger partial charge in [-0.05, 0) is 43.4 Å². The second-order valence-corrected chi connectivity index (χ2v) is 7.21. The number of amides is 2. The molecule has 0 saturated heterocycles. The summed E-state index contributed by atoms with van der Waals surface area (Å²) in [6.07, 6.45) is 2.05. The Morgan fingerprint density at radius 3 is 2.38 bits per heavy atom. The van der Waals surface area contributed by atoms with Gasteiger partial charge in [0.15, 0.2) is 0 Å². The highest BCUT2D eigenvalue weighted by Crippen LogP contribution is 2.28. The molecule has 7 heteroatoms. The van der Waals surface area contributed by atoms with E-state index in [-0.39, 0.29) is 18.4 Å². The molecule has 0 fully saturated rings. The molecule has 2 amide bonds. The molecule has 0 radical (unpaired) electrons. The number of para-hydroxylation sites is 1. The zero-order valence-electron chi connectivity index (χ0n) is 16.8. The summed E-state index contributed by atoms with van der Waals surface area (Å²) < 4.78 is 15.0. The molecule has 3 rings (SSSR count). The maximum absolute atomic E-state index is 12.9. The van der Waals surface area contributed by atoms with Gasteiger partial charge in [0.2, 0.25) is 0 Å². The van der Waals surface area contributed by atoms with E-state index in [0.717, 1.165) is 22.0 Å². The lowest BCUT2D eigenvalue weighted by Gasteiger charge is -2.24. The Kier molecular flexibility index (Phi) is 6.29. The van der Waals surface area contributed by atoms with Crippen molar-refractivity contribution in [3.05, 3.63) is 71.7 Å². The van der Waals surface area contributed by atoms with Crippen LogP contribution in [0.5, 0.6) is 0 Å². The molecule has 1 aromatic heterocycles. The van der Waals surface area contributed by atoms with Crippen LogP contribution in [-0.4, -0.2) is 41.9 Å². The lowest BCUT2D eigenvalue weighted by Crippen LogP contribution is -2.42. The number of likely N-dealkylation sites (N-methyl/N-ethyl adjacent to an activating group) is 1. The second-order valence-electron chi connectivity index (χ2n) is 7.21. The predicted molar refractivity (Wildman–Crippen MR) is 111 cm³/mol. The van der Waals surface area contributed by atoms with Crippen molar-refractivity contribution >= 4 is 22.7 Å². The Hall–Kier alpha value is -3.19. The summed E-state index contributed by atoms with van der Waals surface area (Å²) in [4.78, 5) is 26.4. The molecule has 0 bridgehead atoms. The molecule has 3 aromatic rings. The summed E-state index contributed by atoms with van der Waals surface area (Å²) in [6.45, 7) is 0.455. The topological polar surface area (TPSA) is 66.4 Å². The monoisotopic (exact) mass is 396 g/mol. The van der Waals surface area contributed by atoms with Gasteiger partial charge >= 0.3 is 11.8 Å². The maximum Gasteiger partial charge on any atom is 0.309 e. The van der Waals surface area contributed by atoms with Crippen molar-refractivity contribution in [2.45, 2.75) is 12.6 Å². The van der Waals surface area contributed by atoms with Gasteiger partial charge < -0.3 is 20.1 Å². The van der Waals surface area contributed by atoms with E-state index in [1.165, 1.54) is 12.1 Å². The third kappa shape index (κ3) is 4.81. The number of aryl methyl sites for hydroxylation is 1. The number of carbonyl (C=O) groups is 2. The summed E-state index contributed by atoms with van der Waals surface area (Å²) in [5.41, 5.74) is 2.91. The van der Waals surface area contributed by atoms with E-state index >= 15 is 0 Å². The first-order valence-electron chi connectivity index (χ1n) is 9.37. The third-order valence-electron chi connectivity index (χ3n) is 4.94. The van der Waals surface area contributed by atoms with Gasteiger partial charge in [-0.1, -0.05) is 30.3 Å². The Morgan fingerprint density at radius 2 is 1.69 bits per heavy atom. The number of hydrogen-bond donors (Lipinski definition) is 2. The quantitative estimate of drug-likeness (QED) is 0.629. The van der Waals surface area contributed by atoms with Crippen LogP contribution in [0, 0.1) is 5.82 Å². The molecule has 6 nitrogen and oxygen atoms in total. The molecule has 2 N–H and O–H groups in total. The van der Waals surface area contributed by atoms with E-state index in [1.54, 1.807) is 12.1 Å². The average Bonchev–Trinajstić information content (AvgIpc) is 3.04. The van der Waals surface area contributed by atoms with Crippen LogP contribution in [0.3, 0.4) is 0 Å². The summed E-state index contributed by atoms with van der Waals surface area (Å²) in [5, 5.41) is 6.39. The number of hydrogen-bond acceptors (Lipinski definition) is 3. The van der Waals surface area contributed by atoms with Crippen molar-refractivity contribution in [3.8, 4) is 0 Å². The fourth-order valence-corrected chi connectivity index (χ4v) is 3.34.